The summed E-state index contributed by atoms with van der Waals surface area (Å²) in [6.45, 7) is 4.50. The lowest BCUT2D eigenvalue weighted by Gasteiger charge is -2.47. The highest BCUT2D eigenvalue weighted by atomic mass is 19.4. The highest BCUT2D eigenvalue weighted by molar-refractivity contribution is 5.65. The number of hydrogen-bond acceptors (Lipinski definition) is 4. The molecule has 0 radical (unpaired) electrons. The fraction of sp³-hybridized carbons (Fsp3) is 0.533. The Hall–Kier alpha value is -2.26. The average Bonchev–Trinajstić information content (AvgIpc) is 3.48. The van der Waals surface area contributed by atoms with E-state index in [0.29, 0.717) is 18.6 Å². The number of hydrogen-bond donors (Lipinski definition) is 2. The molecule has 5 atom stereocenters. The summed E-state index contributed by atoms with van der Waals surface area (Å²) >= 11 is 0. The summed E-state index contributed by atoms with van der Waals surface area (Å²) in [7, 11) is 1.60. The largest absolute Gasteiger partial charge is 0.416 e. The number of benzene rings is 2. The first-order chi connectivity index (χ1) is 18.1. The number of halogens is 4. The van der Waals surface area contributed by atoms with Crippen LogP contribution in [0.15, 0.2) is 48.5 Å². The lowest BCUT2D eigenvalue weighted by atomic mass is 9.67. The molecule has 2 fully saturated rings. The number of fused-ring (bicyclic) bond motifs is 2. The standard InChI is InChI=1S/C30H36F4N2O2/c1-20-18-36(12-11-29(20)10-7-22-5-3-4-6-26(22)29)25-8-9-28(16-25,19-38-2)27(37)35-17-21-13-23(30(32,33)34)15-24(31)14-21/h3-7,10,13-15,20,25,27,35,37H,8-9,11-12,16-19H2,1-2H3/t20-,25?,27?,28?,29-/m0/s1. The van der Waals surface area contributed by atoms with Gasteiger partial charge in [-0.1, -0.05) is 43.3 Å². The Morgan fingerprint density at radius 1 is 1.18 bits per heavy atom. The molecule has 0 bridgehead atoms. The molecule has 3 unspecified atom stereocenters. The minimum absolute atomic E-state index is 0.0661. The molecule has 1 saturated heterocycles. The van der Waals surface area contributed by atoms with E-state index in [4.69, 9.17) is 4.74 Å². The predicted molar refractivity (Wildman–Crippen MR) is 139 cm³/mol. The van der Waals surface area contributed by atoms with Crippen molar-refractivity contribution < 1.29 is 27.4 Å². The maximum Gasteiger partial charge on any atom is 0.416 e. The molecule has 4 nitrogen and oxygen atoms in total. The summed E-state index contributed by atoms with van der Waals surface area (Å²) in [6.07, 6.45) is 2.40. The number of allylic oxidation sites excluding steroid dienone is 1. The van der Waals surface area contributed by atoms with Crippen LogP contribution in [-0.4, -0.2) is 49.1 Å². The SMILES string of the molecule is COCC1(C(O)NCc2cc(F)cc(C(F)(F)F)c2)CCC(N2CC[C@@]3(C=Cc4ccccc43)[C@@H](C)C2)C1. The molecule has 8 heteroatoms. The molecule has 1 spiro atoms. The summed E-state index contributed by atoms with van der Waals surface area (Å²) < 4.78 is 58.7. The number of methoxy groups -OCH3 is 1. The van der Waals surface area contributed by atoms with Gasteiger partial charge in [0.25, 0.3) is 0 Å². The fourth-order valence-electron chi connectivity index (χ4n) is 7.09. The molecule has 0 amide bonds. The van der Waals surface area contributed by atoms with Crippen LogP contribution in [0.1, 0.15) is 54.9 Å². The zero-order valence-corrected chi connectivity index (χ0v) is 21.9. The Balaban J connectivity index is 1.24. The Bertz CT molecular complexity index is 1190. The minimum Gasteiger partial charge on any atom is -0.384 e. The number of piperidine rings is 1. The van der Waals surface area contributed by atoms with Crippen molar-refractivity contribution in [3.05, 3.63) is 76.6 Å². The molecule has 1 saturated carbocycles. The van der Waals surface area contributed by atoms with Gasteiger partial charge < -0.3 is 14.7 Å². The molecule has 0 aromatic heterocycles. The number of nitrogens with one attached hydrogen (secondary N) is 1. The zero-order valence-electron chi connectivity index (χ0n) is 21.9. The molecule has 206 valence electrons. The van der Waals surface area contributed by atoms with Crippen LogP contribution in [0, 0.1) is 17.2 Å². The first-order valence-electron chi connectivity index (χ1n) is 13.4. The second kappa shape index (κ2) is 10.4. The summed E-state index contributed by atoms with van der Waals surface area (Å²) in [5.41, 5.74) is 1.32. The van der Waals surface area contributed by atoms with Crippen molar-refractivity contribution in [2.75, 3.05) is 26.8 Å². The Morgan fingerprint density at radius 3 is 2.71 bits per heavy atom. The number of alkyl halides is 3. The highest BCUT2D eigenvalue weighted by Crippen LogP contribution is 2.49. The first kappa shape index (κ1) is 27.3. The van der Waals surface area contributed by atoms with Gasteiger partial charge in [-0.15, -0.1) is 0 Å². The smallest absolute Gasteiger partial charge is 0.384 e. The van der Waals surface area contributed by atoms with Crippen molar-refractivity contribution in [1.29, 1.82) is 0 Å². The van der Waals surface area contributed by atoms with E-state index >= 15 is 0 Å². The molecule has 2 N–H and O–H groups in total. The molecular weight excluding hydrogens is 496 g/mol. The summed E-state index contributed by atoms with van der Waals surface area (Å²) in [5.74, 6) is -0.511. The second-order valence-electron chi connectivity index (χ2n) is 11.4. The highest BCUT2D eigenvalue weighted by Gasteiger charge is 2.49. The first-order valence-corrected chi connectivity index (χ1v) is 13.4. The molecule has 1 heterocycles. The van der Waals surface area contributed by atoms with Crippen LogP contribution in [0.2, 0.25) is 0 Å². The molecule has 38 heavy (non-hydrogen) atoms. The van der Waals surface area contributed by atoms with Crippen LogP contribution in [0.4, 0.5) is 17.6 Å². The van der Waals surface area contributed by atoms with Gasteiger partial charge in [-0.2, -0.15) is 13.2 Å². The van der Waals surface area contributed by atoms with E-state index in [1.807, 2.05) is 0 Å². The van der Waals surface area contributed by atoms with Gasteiger partial charge in [0.05, 0.1) is 12.2 Å². The van der Waals surface area contributed by atoms with Crippen LogP contribution in [0.25, 0.3) is 6.08 Å². The molecule has 1 aliphatic heterocycles. The lowest BCUT2D eigenvalue weighted by Crippen LogP contribution is -2.52. The summed E-state index contributed by atoms with van der Waals surface area (Å²) in [5, 5.41) is 14.2. The molecule has 2 aromatic rings. The van der Waals surface area contributed by atoms with Crippen LogP contribution in [0.5, 0.6) is 0 Å². The summed E-state index contributed by atoms with van der Waals surface area (Å²) in [6, 6.07) is 11.4. The number of rotatable bonds is 7. The van der Waals surface area contributed by atoms with Crippen molar-refractivity contribution in [3.8, 4) is 0 Å². The fourth-order valence-corrected chi connectivity index (χ4v) is 7.09. The Morgan fingerprint density at radius 2 is 1.97 bits per heavy atom. The zero-order chi connectivity index (χ0) is 27.1. The Labute approximate surface area is 221 Å². The monoisotopic (exact) mass is 532 g/mol. The predicted octanol–water partition coefficient (Wildman–Crippen LogP) is 5.74. The Kier molecular flexibility index (Phi) is 7.46. The van der Waals surface area contributed by atoms with E-state index < -0.39 is 29.2 Å². The van der Waals surface area contributed by atoms with Crippen molar-refractivity contribution in [2.24, 2.45) is 11.3 Å². The second-order valence-corrected chi connectivity index (χ2v) is 11.4. The van der Waals surface area contributed by atoms with Gasteiger partial charge in [0, 0.05) is 37.1 Å². The molecule has 2 aromatic carbocycles. The van der Waals surface area contributed by atoms with Gasteiger partial charge in [-0.3, -0.25) is 5.32 Å². The molecule has 5 rings (SSSR count). The van der Waals surface area contributed by atoms with E-state index in [-0.39, 0.29) is 23.6 Å². The lowest BCUT2D eigenvalue weighted by molar-refractivity contribution is -0.137. The number of likely N-dealkylation sites (tertiary alicyclic amines) is 1. The average molecular weight is 533 g/mol. The number of aliphatic hydroxyl groups excluding tert-OH is 1. The quantitative estimate of drug-likeness (QED) is 0.353. The van der Waals surface area contributed by atoms with Gasteiger partial charge in [0.1, 0.15) is 12.0 Å². The summed E-state index contributed by atoms with van der Waals surface area (Å²) in [4.78, 5) is 2.54. The van der Waals surface area contributed by atoms with Crippen molar-refractivity contribution >= 4 is 6.08 Å². The van der Waals surface area contributed by atoms with Gasteiger partial charge in [-0.25, -0.2) is 4.39 Å². The van der Waals surface area contributed by atoms with E-state index in [9.17, 15) is 22.7 Å². The number of ether oxygens (including phenoxy) is 1. The number of aliphatic hydroxyl groups is 1. The number of nitrogens with zero attached hydrogens (tertiary/aromatic N) is 1. The van der Waals surface area contributed by atoms with E-state index in [1.165, 1.54) is 11.1 Å². The van der Waals surface area contributed by atoms with E-state index in [2.05, 4.69) is 53.6 Å². The van der Waals surface area contributed by atoms with Crippen LogP contribution >= 0.6 is 0 Å². The maximum atomic E-state index is 13.8. The third-order valence-corrected chi connectivity index (χ3v) is 9.15. The third-order valence-electron chi connectivity index (χ3n) is 9.15. The van der Waals surface area contributed by atoms with Crippen molar-refractivity contribution in [3.63, 3.8) is 0 Å². The van der Waals surface area contributed by atoms with Gasteiger partial charge in [0.2, 0.25) is 0 Å². The van der Waals surface area contributed by atoms with Gasteiger partial charge in [-0.05, 0) is 73.0 Å². The van der Waals surface area contributed by atoms with Crippen molar-refractivity contribution in [1.82, 2.24) is 10.2 Å². The van der Waals surface area contributed by atoms with E-state index in [0.717, 1.165) is 50.9 Å². The van der Waals surface area contributed by atoms with Crippen molar-refractivity contribution in [2.45, 2.75) is 63.0 Å². The minimum atomic E-state index is -4.63. The van der Waals surface area contributed by atoms with Crippen LogP contribution in [-0.2, 0) is 22.9 Å². The van der Waals surface area contributed by atoms with Gasteiger partial charge in [0.15, 0.2) is 0 Å². The third kappa shape index (κ3) is 5.04. The van der Waals surface area contributed by atoms with Crippen LogP contribution in [0.3, 0.4) is 0 Å². The molecule has 3 aliphatic rings. The molecule has 2 aliphatic carbocycles. The molecular formula is C30H36F4N2O2. The topological polar surface area (TPSA) is 44.7 Å². The van der Waals surface area contributed by atoms with Crippen LogP contribution < -0.4 is 5.32 Å². The van der Waals surface area contributed by atoms with E-state index in [1.54, 1.807) is 7.11 Å². The maximum absolute atomic E-state index is 13.8. The normalized spacial score (nSPS) is 30.2. The van der Waals surface area contributed by atoms with Gasteiger partial charge >= 0.3 is 6.18 Å².